The number of aliphatic hydroxyl groups is 1. The largest absolute Gasteiger partial charge is 0.491 e. The van der Waals surface area contributed by atoms with E-state index in [9.17, 15) is 23.1 Å². The molecule has 0 saturated carbocycles. The number of hydrogen-bond donors (Lipinski definition) is 1. The number of anilines is 1. The van der Waals surface area contributed by atoms with Gasteiger partial charge in [0.1, 0.15) is 12.2 Å². The number of halogens is 3. The van der Waals surface area contributed by atoms with Gasteiger partial charge >= 0.3 is 6.18 Å². The molecule has 1 N–H and O–H groups in total. The van der Waals surface area contributed by atoms with E-state index in [1.807, 2.05) is 0 Å². The minimum Gasteiger partial charge on any atom is -0.491 e. The van der Waals surface area contributed by atoms with Crippen LogP contribution in [0, 0.1) is 0 Å². The quantitative estimate of drug-likeness (QED) is 0.394. The highest BCUT2D eigenvalue weighted by Crippen LogP contribution is 2.35. The van der Waals surface area contributed by atoms with Gasteiger partial charge in [-0.15, -0.1) is 0 Å². The molecule has 170 valence electrons. The fourth-order valence-electron chi connectivity index (χ4n) is 3.16. The standard InChI is InChI=1S/C20H20F3N5O4/c1-11(7-15(31-3)17(24-2)32-4)14-6-5-13-16(26-14)19(30)28(18(13)29)12-8-25-27(9-12)10-20(21,22)23/h5-9,19,30H,2,10H2,1,3-4H3/b11-7+,17-15-. The number of rotatable bonds is 7. The highest BCUT2D eigenvalue weighted by Gasteiger charge is 2.39. The van der Waals surface area contributed by atoms with Gasteiger partial charge in [0.05, 0.1) is 37.4 Å². The molecule has 3 rings (SSSR count). The van der Waals surface area contributed by atoms with Crippen molar-refractivity contribution in [2.24, 2.45) is 4.99 Å². The van der Waals surface area contributed by atoms with Gasteiger partial charge in [-0.25, -0.2) is 9.98 Å². The summed E-state index contributed by atoms with van der Waals surface area (Å²) < 4.78 is 48.7. The Morgan fingerprint density at radius 1 is 1.34 bits per heavy atom. The van der Waals surface area contributed by atoms with Crippen molar-refractivity contribution in [1.29, 1.82) is 0 Å². The lowest BCUT2D eigenvalue weighted by atomic mass is 10.1. The highest BCUT2D eigenvalue weighted by atomic mass is 19.4. The number of nitrogens with zero attached hydrogens (tertiary/aromatic N) is 5. The number of aromatic nitrogens is 3. The van der Waals surface area contributed by atoms with Crippen LogP contribution >= 0.6 is 0 Å². The zero-order valence-corrected chi connectivity index (χ0v) is 17.4. The molecule has 1 atom stereocenters. The van der Waals surface area contributed by atoms with Crippen LogP contribution in [0.15, 0.2) is 47.2 Å². The summed E-state index contributed by atoms with van der Waals surface area (Å²) in [6, 6.07) is 3.06. The summed E-state index contributed by atoms with van der Waals surface area (Å²) in [5.74, 6) is -0.155. The maximum atomic E-state index is 12.8. The van der Waals surface area contributed by atoms with Crippen LogP contribution in [-0.2, 0) is 16.0 Å². The zero-order valence-electron chi connectivity index (χ0n) is 17.4. The number of aliphatic imine (C=N–C) groups is 1. The first-order valence-corrected chi connectivity index (χ1v) is 9.19. The van der Waals surface area contributed by atoms with Crippen LogP contribution in [0.2, 0.25) is 0 Å². The number of ether oxygens (including phenoxy) is 2. The van der Waals surface area contributed by atoms with Gasteiger partial charge in [0, 0.05) is 6.20 Å². The summed E-state index contributed by atoms with van der Waals surface area (Å²) in [7, 11) is 2.84. The first kappa shape index (κ1) is 23.0. The van der Waals surface area contributed by atoms with Crippen LogP contribution in [-0.4, -0.2) is 52.9 Å². The maximum Gasteiger partial charge on any atom is 0.408 e. The van der Waals surface area contributed by atoms with Crippen LogP contribution in [0.3, 0.4) is 0 Å². The van der Waals surface area contributed by atoms with Crippen molar-refractivity contribution in [1.82, 2.24) is 14.8 Å². The van der Waals surface area contributed by atoms with Gasteiger partial charge in [-0.05, 0) is 37.4 Å². The van der Waals surface area contributed by atoms with E-state index in [1.54, 1.807) is 19.1 Å². The average Bonchev–Trinajstić information content (AvgIpc) is 3.28. The summed E-state index contributed by atoms with van der Waals surface area (Å²) in [5, 5.41) is 14.3. The fourth-order valence-corrected chi connectivity index (χ4v) is 3.16. The number of allylic oxidation sites excluding steroid dienone is 2. The number of aliphatic hydroxyl groups excluding tert-OH is 1. The van der Waals surface area contributed by atoms with Gasteiger partial charge in [-0.2, -0.15) is 18.3 Å². The van der Waals surface area contributed by atoms with Gasteiger partial charge in [0.2, 0.25) is 0 Å². The highest BCUT2D eigenvalue weighted by molar-refractivity contribution is 6.10. The minimum atomic E-state index is -4.47. The molecule has 32 heavy (non-hydrogen) atoms. The third-order valence-electron chi connectivity index (χ3n) is 4.62. The summed E-state index contributed by atoms with van der Waals surface area (Å²) >= 11 is 0. The molecule has 0 fully saturated rings. The monoisotopic (exact) mass is 451 g/mol. The molecule has 2 aromatic rings. The molecule has 0 aromatic carbocycles. The zero-order chi connectivity index (χ0) is 23.6. The smallest absolute Gasteiger partial charge is 0.408 e. The molecular weight excluding hydrogens is 431 g/mol. The molecule has 2 aromatic heterocycles. The number of carbonyl (C=O) groups is 1. The second kappa shape index (κ2) is 8.83. The van der Waals surface area contributed by atoms with Crippen LogP contribution < -0.4 is 4.90 Å². The first-order chi connectivity index (χ1) is 15.1. The van der Waals surface area contributed by atoms with Crippen molar-refractivity contribution >= 4 is 23.9 Å². The fraction of sp³-hybridized carbons (Fsp3) is 0.300. The van der Waals surface area contributed by atoms with Crippen LogP contribution in [0.5, 0.6) is 0 Å². The Balaban J connectivity index is 1.93. The normalized spacial score (nSPS) is 17.2. The Hall–Kier alpha value is -3.67. The molecule has 1 amide bonds. The van der Waals surface area contributed by atoms with Crippen LogP contribution in [0.25, 0.3) is 5.57 Å². The van der Waals surface area contributed by atoms with Crippen molar-refractivity contribution in [3.63, 3.8) is 0 Å². The number of carbonyl (C=O) groups excluding carboxylic acids is 1. The van der Waals surface area contributed by atoms with Crippen molar-refractivity contribution < 1.29 is 32.5 Å². The molecule has 3 heterocycles. The SMILES string of the molecule is C=N/C(OC)=C(\C=C(/C)c1ccc2c(n1)C(O)N(c1cnn(CC(F)(F)F)c1)C2=O)OC. The molecule has 1 aliphatic heterocycles. The van der Waals surface area contributed by atoms with Gasteiger partial charge in [-0.3, -0.25) is 14.4 Å². The van der Waals surface area contributed by atoms with E-state index >= 15 is 0 Å². The van der Waals surface area contributed by atoms with Gasteiger partial charge in [0.15, 0.2) is 12.0 Å². The van der Waals surface area contributed by atoms with E-state index in [1.165, 1.54) is 20.3 Å². The van der Waals surface area contributed by atoms with E-state index in [2.05, 4.69) is 21.8 Å². The first-order valence-electron chi connectivity index (χ1n) is 9.19. The van der Waals surface area contributed by atoms with Gasteiger partial charge in [-0.1, -0.05) is 0 Å². The lowest BCUT2D eigenvalue weighted by molar-refractivity contribution is -0.142. The number of fused-ring (bicyclic) bond motifs is 1. The number of methoxy groups -OCH3 is 2. The third-order valence-corrected chi connectivity index (χ3v) is 4.62. The van der Waals surface area contributed by atoms with E-state index in [0.29, 0.717) is 15.9 Å². The number of hydrogen-bond acceptors (Lipinski definition) is 7. The molecule has 1 unspecified atom stereocenters. The van der Waals surface area contributed by atoms with Crippen molar-refractivity contribution in [3.8, 4) is 0 Å². The number of pyridine rings is 1. The molecule has 12 heteroatoms. The van der Waals surface area contributed by atoms with Crippen LogP contribution in [0.1, 0.15) is 34.9 Å². The van der Waals surface area contributed by atoms with Crippen molar-refractivity contribution in [3.05, 3.63) is 59.2 Å². The second-order valence-electron chi connectivity index (χ2n) is 6.75. The van der Waals surface area contributed by atoms with Gasteiger partial charge < -0.3 is 14.6 Å². The Kier molecular flexibility index (Phi) is 6.35. The Morgan fingerprint density at radius 3 is 2.66 bits per heavy atom. The molecular formula is C20H20F3N5O4. The van der Waals surface area contributed by atoms with E-state index in [4.69, 9.17) is 9.47 Å². The maximum absolute atomic E-state index is 12.8. The lowest BCUT2D eigenvalue weighted by Crippen LogP contribution is -2.27. The number of alkyl halides is 3. The predicted molar refractivity (Wildman–Crippen MR) is 109 cm³/mol. The Bertz CT molecular complexity index is 1110. The van der Waals surface area contributed by atoms with E-state index in [-0.39, 0.29) is 28.6 Å². The molecule has 0 radical (unpaired) electrons. The average molecular weight is 451 g/mol. The Morgan fingerprint density at radius 2 is 2.06 bits per heavy atom. The molecule has 9 nitrogen and oxygen atoms in total. The van der Waals surface area contributed by atoms with Gasteiger partial charge in [0.25, 0.3) is 11.8 Å². The minimum absolute atomic E-state index is 0.0185. The molecule has 0 aliphatic carbocycles. The number of amides is 1. The molecule has 0 spiro atoms. The van der Waals surface area contributed by atoms with Crippen LogP contribution in [0.4, 0.5) is 18.9 Å². The summed E-state index contributed by atoms with van der Waals surface area (Å²) in [6.07, 6.45) is -2.24. The Labute approximate surface area is 181 Å². The topological polar surface area (TPSA) is 102 Å². The van der Waals surface area contributed by atoms with E-state index in [0.717, 1.165) is 17.3 Å². The third kappa shape index (κ3) is 4.49. The lowest BCUT2D eigenvalue weighted by Gasteiger charge is -2.18. The molecule has 0 bridgehead atoms. The summed E-state index contributed by atoms with van der Waals surface area (Å²) in [5.41, 5.74) is 1.26. The second-order valence-corrected chi connectivity index (χ2v) is 6.75. The van der Waals surface area contributed by atoms with Crippen molar-refractivity contribution in [2.45, 2.75) is 25.9 Å². The summed E-state index contributed by atoms with van der Waals surface area (Å²) in [6.45, 7) is 3.81. The molecule has 0 saturated heterocycles. The molecule has 1 aliphatic rings. The predicted octanol–water partition coefficient (Wildman–Crippen LogP) is 3.06. The van der Waals surface area contributed by atoms with Crippen molar-refractivity contribution in [2.75, 3.05) is 19.1 Å². The van der Waals surface area contributed by atoms with E-state index < -0.39 is 24.9 Å². The summed E-state index contributed by atoms with van der Waals surface area (Å²) in [4.78, 5) is 21.8.